The van der Waals surface area contributed by atoms with E-state index in [-0.39, 0.29) is 22.8 Å². The molecule has 0 aliphatic carbocycles. The number of aromatic nitrogens is 5. The number of fused-ring (bicyclic) bond motifs is 1. The topological polar surface area (TPSA) is 74.4 Å². The molecule has 160 valence electrons. The average Bonchev–Trinajstić information content (AvgIpc) is 3.09. The largest absolute Gasteiger partial charge is 0.481 e. The smallest absolute Gasteiger partial charge is 0.416 e. The number of pyridine rings is 1. The van der Waals surface area contributed by atoms with Crippen molar-refractivity contribution in [2.24, 2.45) is 0 Å². The van der Waals surface area contributed by atoms with E-state index in [0.29, 0.717) is 22.3 Å². The molecule has 3 aromatic heterocycles. The molecule has 0 saturated heterocycles. The van der Waals surface area contributed by atoms with Crippen LogP contribution in [-0.4, -0.2) is 31.9 Å². The Hall–Kier alpha value is -3.40. The van der Waals surface area contributed by atoms with Crippen LogP contribution in [0.2, 0.25) is 5.28 Å². The van der Waals surface area contributed by atoms with Crippen molar-refractivity contribution in [3.8, 4) is 28.6 Å². The van der Waals surface area contributed by atoms with Gasteiger partial charge in [0.05, 0.1) is 18.2 Å². The highest BCUT2D eigenvalue weighted by molar-refractivity contribution is 6.28. The minimum Gasteiger partial charge on any atom is -0.481 e. The van der Waals surface area contributed by atoms with Gasteiger partial charge < -0.3 is 9.47 Å². The van der Waals surface area contributed by atoms with Crippen LogP contribution >= 0.6 is 11.6 Å². The van der Waals surface area contributed by atoms with Gasteiger partial charge in [0.15, 0.2) is 5.65 Å². The van der Waals surface area contributed by atoms with E-state index in [2.05, 4.69) is 20.3 Å². The monoisotopic (exact) mass is 449 g/mol. The molecule has 3 heterocycles. The number of halogens is 4. The van der Waals surface area contributed by atoms with Gasteiger partial charge in [0.25, 0.3) is 0 Å². The third-order valence-electron chi connectivity index (χ3n) is 4.60. The highest BCUT2D eigenvalue weighted by atomic mass is 35.5. The van der Waals surface area contributed by atoms with Crippen molar-refractivity contribution in [2.45, 2.75) is 20.0 Å². The maximum atomic E-state index is 13.4. The van der Waals surface area contributed by atoms with Gasteiger partial charge in [-0.2, -0.15) is 17.7 Å². The summed E-state index contributed by atoms with van der Waals surface area (Å²) in [5.74, 6) is 0.207. The fourth-order valence-electron chi connectivity index (χ4n) is 3.14. The molecule has 0 atom stereocenters. The summed E-state index contributed by atoms with van der Waals surface area (Å²) in [6.07, 6.45) is -3.01. The lowest BCUT2D eigenvalue weighted by atomic mass is 9.99. The Labute approximate surface area is 179 Å². The first-order valence-electron chi connectivity index (χ1n) is 8.96. The molecule has 4 rings (SSSR count). The Kier molecular flexibility index (Phi) is 5.18. The van der Waals surface area contributed by atoms with Crippen molar-refractivity contribution in [3.05, 3.63) is 58.5 Å². The van der Waals surface area contributed by atoms with Gasteiger partial charge in [0, 0.05) is 23.4 Å². The SMILES string of the molecule is COc1nccc(C)c1-c1ccc(C(F)(F)F)cc1Oc1cc(C)c2nnc(Cl)n2n1. The van der Waals surface area contributed by atoms with E-state index < -0.39 is 11.7 Å². The van der Waals surface area contributed by atoms with Gasteiger partial charge in [0.2, 0.25) is 17.0 Å². The number of alkyl halides is 3. The second-order valence-electron chi connectivity index (χ2n) is 6.69. The molecule has 0 saturated carbocycles. The molecule has 0 spiro atoms. The normalized spacial score (nSPS) is 11.7. The fourth-order valence-corrected chi connectivity index (χ4v) is 3.30. The maximum absolute atomic E-state index is 13.4. The van der Waals surface area contributed by atoms with E-state index in [1.165, 1.54) is 23.8 Å². The summed E-state index contributed by atoms with van der Waals surface area (Å²) in [7, 11) is 1.43. The first-order valence-corrected chi connectivity index (χ1v) is 9.34. The van der Waals surface area contributed by atoms with Crippen LogP contribution in [0.25, 0.3) is 16.8 Å². The molecule has 0 N–H and O–H groups in total. The second-order valence-corrected chi connectivity index (χ2v) is 7.03. The molecule has 0 aliphatic heterocycles. The van der Waals surface area contributed by atoms with Gasteiger partial charge >= 0.3 is 6.18 Å². The van der Waals surface area contributed by atoms with Crippen LogP contribution in [0, 0.1) is 13.8 Å². The zero-order chi connectivity index (χ0) is 22.3. The predicted octanol–water partition coefficient (Wildman–Crippen LogP) is 5.28. The molecule has 11 heteroatoms. The van der Waals surface area contributed by atoms with E-state index in [4.69, 9.17) is 21.1 Å². The van der Waals surface area contributed by atoms with Crippen molar-refractivity contribution in [1.29, 1.82) is 0 Å². The second kappa shape index (κ2) is 7.69. The Bertz CT molecular complexity index is 1290. The number of nitrogens with zero attached hydrogens (tertiary/aromatic N) is 5. The maximum Gasteiger partial charge on any atom is 0.416 e. The summed E-state index contributed by atoms with van der Waals surface area (Å²) in [5.41, 5.74) is 1.79. The lowest BCUT2D eigenvalue weighted by Gasteiger charge is -2.17. The minimum absolute atomic E-state index is 0.00223. The number of aryl methyl sites for hydroxylation is 2. The number of rotatable bonds is 4. The summed E-state index contributed by atoms with van der Waals surface area (Å²) in [6.45, 7) is 3.53. The number of hydrogen-bond acceptors (Lipinski definition) is 6. The van der Waals surface area contributed by atoms with Gasteiger partial charge in [-0.3, -0.25) is 0 Å². The van der Waals surface area contributed by atoms with Gasteiger partial charge in [-0.05, 0) is 55.3 Å². The van der Waals surface area contributed by atoms with Crippen molar-refractivity contribution in [2.75, 3.05) is 7.11 Å². The van der Waals surface area contributed by atoms with Crippen LogP contribution in [0.1, 0.15) is 16.7 Å². The zero-order valence-corrected chi connectivity index (χ0v) is 17.3. The van der Waals surface area contributed by atoms with E-state index in [1.54, 1.807) is 26.1 Å². The molecule has 4 aromatic rings. The van der Waals surface area contributed by atoms with Crippen molar-refractivity contribution in [1.82, 2.24) is 24.8 Å². The van der Waals surface area contributed by atoms with Gasteiger partial charge in [-0.1, -0.05) is 0 Å². The first-order chi connectivity index (χ1) is 14.7. The van der Waals surface area contributed by atoms with Gasteiger partial charge in [-0.15, -0.1) is 15.3 Å². The average molecular weight is 450 g/mol. The van der Waals surface area contributed by atoms with E-state index >= 15 is 0 Å². The minimum atomic E-state index is -4.56. The highest BCUT2D eigenvalue weighted by Crippen LogP contribution is 2.42. The molecule has 0 bridgehead atoms. The van der Waals surface area contributed by atoms with Crippen LogP contribution in [0.3, 0.4) is 0 Å². The van der Waals surface area contributed by atoms with Crippen LogP contribution in [0.4, 0.5) is 13.2 Å². The highest BCUT2D eigenvalue weighted by Gasteiger charge is 2.32. The Morgan fingerprint density at radius 2 is 1.81 bits per heavy atom. The summed E-state index contributed by atoms with van der Waals surface area (Å²) in [6, 6.07) is 6.48. The summed E-state index contributed by atoms with van der Waals surface area (Å²) >= 11 is 5.99. The van der Waals surface area contributed by atoms with Crippen LogP contribution < -0.4 is 9.47 Å². The van der Waals surface area contributed by atoms with Gasteiger partial charge in [0.1, 0.15) is 5.75 Å². The fraction of sp³-hybridized carbons (Fsp3) is 0.200. The van der Waals surface area contributed by atoms with Crippen LogP contribution in [0.5, 0.6) is 17.5 Å². The molecule has 1 aromatic carbocycles. The Balaban J connectivity index is 1.91. The summed E-state index contributed by atoms with van der Waals surface area (Å²) < 4.78 is 52.6. The van der Waals surface area contributed by atoms with Crippen molar-refractivity contribution in [3.63, 3.8) is 0 Å². The molecule has 0 fully saturated rings. The molecule has 0 amide bonds. The quantitative estimate of drug-likeness (QED) is 0.422. The standard InChI is InChI=1S/C20H15ClF3N5O2/c1-10-6-7-25-18(30-3)16(10)13-5-4-12(20(22,23)24)9-14(13)31-15-8-11(2)17-26-27-19(21)29(17)28-15/h4-9H,1-3H3. The van der Waals surface area contributed by atoms with Crippen molar-refractivity contribution < 1.29 is 22.6 Å². The summed E-state index contributed by atoms with van der Waals surface area (Å²) in [4.78, 5) is 4.16. The number of hydrogen-bond donors (Lipinski definition) is 0. The van der Waals surface area contributed by atoms with Crippen LogP contribution in [-0.2, 0) is 6.18 Å². The van der Waals surface area contributed by atoms with E-state index in [1.807, 2.05) is 0 Å². The van der Waals surface area contributed by atoms with Crippen LogP contribution in [0.15, 0.2) is 36.5 Å². The predicted molar refractivity (Wildman–Crippen MR) is 107 cm³/mol. The third kappa shape index (κ3) is 3.86. The van der Waals surface area contributed by atoms with E-state index in [0.717, 1.165) is 17.7 Å². The van der Waals surface area contributed by atoms with Gasteiger partial charge in [-0.25, -0.2) is 4.98 Å². The lowest BCUT2D eigenvalue weighted by Crippen LogP contribution is -2.06. The summed E-state index contributed by atoms with van der Waals surface area (Å²) in [5, 5.41) is 11.8. The number of ether oxygens (including phenoxy) is 2. The molecule has 0 unspecified atom stereocenters. The lowest BCUT2D eigenvalue weighted by molar-refractivity contribution is -0.137. The molecule has 0 aliphatic rings. The molecule has 0 radical (unpaired) electrons. The van der Waals surface area contributed by atoms with E-state index in [9.17, 15) is 13.2 Å². The van der Waals surface area contributed by atoms with Crippen molar-refractivity contribution >= 4 is 17.2 Å². The third-order valence-corrected chi connectivity index (χ3v) is 4.84. The Morgan fingerprint density at radius 3 is 2.52 bits per heavy atom. The molecular weight excluding hydrogens is 435 g/mol. The zero-order valence-electron chi connectivity index (χ0n) is 16.5. The molecule has 7 nitrogen and oxygen atoms in total. The Morgan fingerprint density at radius 1 is 1.03 bits per heavy atom. The molecular formula is C20H15ClF3N5O2. The number of methoxy groups -OCH3 is 1. The number of benzene rings is 1. The first kappa shape index (κ1) is 20.9. The molecule has 31 heavy (non-hydrogen) atoms.